The van der Waals surface area contributed by atoms with Crippen LogP contribution in [0.3, 0.4) is 0 Å². The van der Waals surface area contributed by atoms with Gasteiger partial charge in [-0.3, -0.25) is 4.79 Å². The number of furan rings is 1. The summed E-state index contributed by atoms with van der Waals surface area (Å²) in [6.07, 6.45) is 0. The second-order valence-electron chi connectivity index (χ2n) is 4.85. The van der Waals surface area contributed by atoms with Gasteiger partial charge in [0.1, 0.15) is 11.4 Å². The van der Waals surface area contributed by atoms with E-state index in [4.69, 9.17) is 10.2 Å². The number of fused-ring (bicyclic) bond motifs is 1. The van der Waals surface area contributed by atoms with Crippen molar-refractivity contribution in [3.8, 4) is 0 Å². The number of nitrogen functional groups attached to an aromatic ring is 1. The van der Waals surface area contributed by atoms with Crippen molar-refractivity contribution >= 4 is 28.3 Å². The van der Waals surface area contributed by atoms with Crippen molar-refractivity contribution in [1.29, 1.82) is 0 Å². The summed E-state index contributed by atoms with van der Waals surface area (Å²) in [5, 5.41) is 3.22. The van der Waals surface area contributed by atoms with E-state index in [1.54, 1.807) is 37.3 Å². The number of nitrogens with two attached hydrogens (primary N) is 1. The Balaban J connectivity index is 1.89. The van der Waals surface area contributed by atoms with Crippen LogP contribution in [0.2, 0.25) is 0 Å². The number of nitrogens with one attached hydrogen (secondary N) is 1. The Labute approximate surface area is 120 Å². The molecule has 0 spiro atoms. The Bertz CT molecular complexity index is 839. The van der Waals surface area contributed by atoms with Crippen LogP contribution in [0.1, 0.15) is 16.1 Å². The fourth-order valence-electron chi connectivity index (χ4n) is 2.08. The SMILES string of the molecule is Cc1ccc(NC(=O)c2cc3cc(N)ccc3o2)c(F)c1. The number of hydrogen-bond acceptors (Lipinski definition) is 3. The van der Waals surface area contributed by atoms with Crippen LogP contribution in [-0.4, -0.2) is 5.91 Å². The van der Waals surface area contributed by atoms with E-state index in [1.807, 2.05) is 0 Å². The molecule has 0 unspecified atom stereocenters. The molecule has 0 atom stereocenters. The Morgan fingerprint density at radius 3 is 2.76 bits per heavy atom. The van der Waals surface area contributed by atoms with Crippen LogP contribution in [0.4, 0.5) is 15.8 Å². The molecule has 0 saturated carbocycles. The van der Waals surface area contributed by atoms with Crippen molar-refractivity contribution < 1.29 is 13.6 Å². The summed E-state index contributed by atoms with van der Waals surface area (Å²) in [7, 11) is 0. The quantitative estimate of drug-likeness (QED) is 0.705. The molecule has 0 fully saturated rings. The molecule has 3 rings (SSSR count). The number of aryl methyl sites for hydroxylation is 1. The van der Waals surface area contributed by atoms with E-state index in [0.717, 1.165) is 10.9 Å². The second kappa shape index (κ2) is 4.94. The lowest BCUT2D eigenvalue weighted by molar-refractivity contribution is 0.0998. The number of hydrogen-bond donors (Lipinski definition) is 2. The minimum atomic E-state index is -0.507. The average Bonchev–Trinajstić information content (AvgIpc) is 2.85. The van der Waals surface area contributed by atoms with Crippen molar-refractivity contribution in [2.45, 2.75) is 6.92 Å². The van der Waals surface area contributed by atoms with Gasteiger partial charge in [0, 0.05) is 11.1 Å². The van der Waals surface area contributed by atoms with Gasteiger partial charge in [-0.15, -0.1) is 0 Å². The third kappa shape index (κ3) is 2.58. The molecule has 21 heavy (non-hydrogen) atoms. The van der Waals surface area contributed by atoms with Gasteiger partial charge in [-0.05, 0) is 48.9 Å². The Morgan fingerprint density at radius 2 is 2.00 bits per heavy atom. The fourth-order valence-corrected chi connectivity index (χ4v) is 2.08. The van der Waals surface area contributed by atoms with Crippen molar-refractivity contribution in [2.75, 3.05) is 11.1 Å². The predicted octanol–water partition coefficient (Wildman–Crippen LogP) is 3.71. The highest BCUT2D eigenvalue weighted by atomic mass is 19.1. The van der Waals surface area contributed by atoms with E-state index in [9.17, 15) is 9.18 Å². The molecule has 4 nitrogen and oxygen atoms in total. The number of benzene rings is 2. The zero-order chi connectivity index (χ0) is 15.0. The summed E-state index contributed by atoms with van der Waals surface area (Å²) in [5.41, 5.74) is 7.71. The Morgan fingerprint density at radius 1 is 1.19 bits per heavy atom. The number of halogens is 1. The van der Waals surface area contributed by atoms with Crippen molar-refractivity contribution in [3.63, 3.8) is 0 Å². The first-order chi connectivity index (χ1) is 10.0. The lowest BCUT2D eigenvalue weighted by atomic mass is 10.2. The first-order valence-corrected chi connectivity index (χ1v) is 6.39. The number of carbonyl (C=O) groups is 1. The predicted molar refractivity (Wildman–Crippen MR) is 79.7 cm³/mol. The van der Waals surface area contributed by atoms with Crippen LogP contribution in [-0.2, 0) is 0 Å². The summed E-state index contributed by atoms with van der Waals surface area (Å²) >= 11 is 0. The maximum atomic E-state index is 13.7. The smallest absolute Gasteiger partial charge is 0.291 e. The van der Waals surface area contributed by atoms with Gasteiger partial charge in [0.25, 0.3) is 5.91 Å². The van der Waals surface area contributed by atoms with E-state index in [0.29, 0.717) is 11.3 Å². The lowest BCUT2D eigenvalue weighted by Gasteiger charge is -2.05. The van der Waals surface area contributed by atoms with Gasteiger partial charge in [-0.2, -0.15) is 0 Å². The van der Waals surface area contributed by atoms with E-state index < -0.39 is 11.7 Å². The maximum absolute atomic E-state index is 13.7. The van der Waals surface area contributed by atoms with Crippen LogP contribution in [0, 0.1) is 12.7 Å². The topological polar surface area (TPSA) is 68.3 Å². The van der Waals surface area contributed by atoms with Crippen molar-refractivity contribution in [2.24, 2.45) is 0 Å². The summed E-state index contributed by atoms with van der Waals surface area (Å²) < 4.78 is 19.2. The van der Waals surface area contributed by atoms with Crippen molar-refractivity contribution in [3.05, 3.63) is 59.6 Å². The molecular weight excluding hydrogens is 271 g/mol. The maximum Gasteiger partial charge on any atom is 0.291 e. The molecule has 0 bridgehead atoms. The highest BCUT2D eigenvalue weighted by molar-refractivity contribution is 6.04. The summed E-state index contributed by atoms with van der Waals surface area (Å²) in [5.74, 6) is -0.883. The number of rotatable bonds is 2. The molecule has 5 heteroatoms. The molecule has 3 aromatic rings. The van der Waals surface area contributed by atoms with Crippen LogP contribution >= 0.6 is 0 Å². The summed E-state index contributed by atoms with van der Waals surface area (Å²) in [6, 6.07) is 11.3. The van der Waals surface area contributed by atoms with Crippen LogP contribution in [0.25, 0.3) is 11.0 Å². The van der Waals surface area contributed by atoms with E-state index >= 15 is 0 Å². The first-order valence-electron chi connectivity index (χ1n) is 6.39. The highest BCUT2D eigenvalue weighted by Crippen LogP contribution is 2.23. The second-order valence-corrected chi connectivity index (χ2v) is 4.85. The molecule has 1 amide bonds. The van der Waals surface area contributed by atoms with Gasteiger partial charge in [0.2, 0.25) is 0 Å². The zero-order valence-corrected chi connectivity index (χ0v) is 11.3. The van der Waals surface area contributed by atoms with Crippen LogP contribution in [0.5, 0.6) is 0 Å². The summed E-state index contributed by atoms with van der Waals surface area (Å²) in [6.45, 7) is 1.78. The van der Waals surface area contributed by atoms with E-state index in [2.05, 4.69) is 5.32 Å². The van der Waals surface area contributed by atoms with Gasteiger partial charge in [0.05, 0.1) is 5.69 Å². The van der Waals surface area contributed by atoms with E-state index in [1.165, 1.54) is 12.1 Å². The molecule has 1 aromatic heterocycles. The van der Waals surface area contributed by atoms with Crippen LogP contribution in [0.15, 0.2) is 46.9 Å². The Kier molecular flexibility index (Phi) is 3.10. The lowest BCUT2D eigenvalue weighted by Crippen LogP contribution is -2.12. The molecule has 2 aromatic carbocycles. The average molecular weight is 284 g/mol. The van der Waals surface area contributed by atoms with Gasteiger partial charge in [-0.25, -0.2) is 4.39 Å². The number of amides is 1. The van der Waals surface area contributed by atoms with Gasteiger partial charge < -0.3 is 15.5 Å². The first kappa shape index (κ1) is 13.2. The number of anilines is 2. The molecule has 0 radical (unpaired) electrons. The minimum Gasteiger partial charge on any atom is -0.451 e. The highest BCUT2D eigenvalue weighted by Gasteiger charge is 2.14. The molecular formula is C16H13FN2O2. The van der Waals surface area contributed by atoms with Crippen LogP contribution < -0.4 is 11.1 Å². The molecule has 0 saturated heterocycles. The molecule has 3 N–H and O–H groups in total. The minimum absolute atomic E-state index is 0.107. The molecule has 106 valence electrons. The van der Waals surface area contributed by atoms with Gasteiger partial charge >= 0.3 is 0 Å². The normalized spacial score (nSPS) is 10.8. The molecule has 1 heterocycles. The Hall–Kier alpha value is -2.82. The molecule has 0 aliphatic heterocycles. The largest absolute Gasteiger partial charge is 0.451 e. The third-order valence-electron chi connectivity index (χ3n) is 3.14. The number of carbonyl (C=O) groups excluding carboxylic acids is 1. The van der Waals surface area contributed by atoms with E-state index in [-0.39, 0.29) is 11.4 Å². The van der Waals surface area contributed by atoms with Gasteiger partial charge in [0.15, 0.2) is 5.76 Å². The summed E-state index contributed by atoms with van der Waals surface area (Å²) in [4.78, 5) is 12.1. The van der Waals surface area contributed by atoms with Gasteiger partial charge in [-0.1, -0.05) is 6.07 Å². The zero-order valence-electron chi connectivity index (χ0n) is 11.3. The standard InChI is InChI=1S/C16H13FN2O2/c1-9-2-4-13(12(17)6-9)19-16(20)15-8-10-7-11(18)3-5-14(10)21-15/h2-8H,18H2,1H3,(H,19,20). The fraction of sp³-hybridized carbons (Fsp3) is 0.0625. The molecule has 0 aliphatic rings. The van der Waals surface area contributed by atoms with Crippen molar-refractivity contribution in [1.82, 2.24) is 0 Å². The monoisotopic (exact) mass is 284 g/mol. The molecule has 0 aliphatic carbocycles. The third-order valence-corrected chi connectivity index (χ3v) is 3.14.